The molecule has 3 rings (SSSR count). The highest BCUT2D eigenvalue weighted by molar-refractivity contribution is 9.10. The van der Waals surface area contributed by atoms with Gasteiger partial charge in [0.25, 0.3) is 0 Å². The van der Waals surface area contributed by atoms with Crippen molar-refractivity contribution in [3.8, 4) is 0 Å². The van der Waals surface area contributed by atoms with Crippen molar-refractivity contribution in [2.75, 3.05) is 5.32 Å². The summed E-state index contributed by atoms with van der Waals surface area (Å²) < 4.78 is 0.911. The van der Waals surface area contributed by atoms with Crippen LogP contribution in [0.15, 0.2) is 26.9 Å². The van der Waals surface area contributed by atoms with E-state index in [-0.39, 0.29) is 11.7 Å². The number of thiazole rings is 1. The predicted molar refractivity (Wildman–Crippen MR) is 85.5 cm³/mol. The second kappa shape index (κ2) is 5.06. The van der Waals surface area contributed by atoms with Crippen LogP contribution < -0.4 is 11.0 Å². The molecule has 3 aromatic rings. The van der Waals surface area contributed by atoms with Crippen LogP contribution in [0.3, 0.4) is 0 Å². The quantitative estimate of drug-likeness (QED) is 0.674. The van der Waals surface area contributed by atoms with Crippen molar-refractivity contribution in [2.24, 2.45) is 0 Å². The fourth-order valence-electron chi connectivity index (χ4n) is 2.19. The summed E-state index contributed by atoms with van der Waals surface area (Å²) in [4.78, 5) is 22.3. The Labute approximate surface area is 127 Å². The summed E-state index contributed by atoms with van der Waals surface area (Å²) in [5, 5.41) is 3.44. The zero-order valence-corrected chi connectivity index (χ0v) is 13.4. The molecule has 0 bridgehead atoms. The number of imidazole rings is 1. The Morgan fingerprint density at radius 3 is 2.70 bits per heavy atom. The van der Waals surface area contributed by atoms with Crippen LogP contribution in [0.1, 0.15) is 23.5 Å². The van der Waals surface area contributed by atoms with Crippen LogP contribution in [0.4, 0.5) is 5.69 Å². The molecule has 0 aliphatic rings. The lowest BCUT2D eigenvalue weighted by molar-refractivity contribution is 0.890. The van der Waals surface area contributed by atoms with E-state index in [9.17, 15) is 4.79 Å². The lowest BCUT2D eigenvalue weighted by Gasteiger charge is -2.15. The molecule has 0 fully saturated rings. The molecule has 2 heterocycles. The number of nitrogens with zero attached hydrogens (tertiary/aromatic N) is 1. The number of rotatable bonds is 3. The van der Waals surface area contributed by atoms with Gasteiger partial charge in [-0.3, -0.25) is 0 Å². The first kappa shape index (κ1) is 13.4. The molecule has 1 aromatic carbocycles. The first-order valence-electron chi connectivity index (χ1n) is 6.12. The number of aromatic nitrogens is 3. The molecule has 0 spiro atoms. The molecule has 104 valence electrons. The maximum absolute atomic E-state index is 11.3. The summed E-state index contributed by atoms with van der Waals surface area (Å²) in [6, 6.07) is 3.97. The Bertz CT molecular complexity index is 819. The van der Waals surface area contributed by atoms with Crippen molar-refractivity contribution >= 4 is 44.0 Å². The van der Waals surface area contributed by atoms with Gasteiger partial charge in [0.2, 0.25) is 0 Å². The van der Waals surface area contributed by atoms with Crippen LogP contribution >= 0.6 is 27.3 Å². The minimum Gasteiger partial charge on any atom is -0.377 e. The molecule has 0 saturated carbocycles. The number of H-pyrrole nitrogens is 2. The average molecular weight is 353 g/mol. The number of aromatic amines is 2. The van der Waals surface area contributed by atoms with Gasteiger partial charge in [-0.25, -0.2) is 9.78 Å². The summed E-state index contributed by atoms with van der Waals surface area (Å²) in [6.07, 6.45) is 0. The third kappa shape index (κ3) is 2.38. The smallest absolute Gasteiger partial charge is 0.323 e. The number of aryl methyl sites for hydroxylation is 1. The zero-order chi connectivity index (χ0) is 14.3. The zero-order valence-electron chi connectivity index (χ0n) is 11.0. The fourth-order valence-corrected chi connectivity index (χ4v) is 3.46. The maximum atomic E-state index is 11.3. The van der Waals surface area contributed by atoms with Gasteiger partial charge in [-0.05, 0) is 41.9 Å². The molecule has 0 radical (unpaired) electrons. The van der Waals surface area contributed by atoms with Crippen molar-refractivity contribution in [3.05, 3.63) is 43.2 Å². The fraction of sp³-hybridized carbons (Fsp3) is 0.231. The monoisotopic (exact) mass is 352 g/mol. The van der Waals surface area contributed by atoms with E-state index in [1.165, 1.54) is 4.88 Å². The third-order valence-electron chi connectivity index (χ3n) is 3.15. The maximum Gasteiger partial charge on any atom is 0.323 e. The summed E-state index contributed by atoms with van der Waals surface area (Å²) in [7, 11) is 0. The van der Waals surface area contributed by atoms with Gasteiger partial charge in [0.15, 0.2) is 0 Å². The number of nitrogens with one attached hydrogen (secondary N) is 3. The molecule has 0 aliphatic heterocycles. The minimum atomic E-state index is -0.199. The minimum absolute atomic E-state index is 0.155. The van der Waals surface area contributed by atoms with Gasteiger partial charge in [-0.1, -0.05) is 0 Å². The number of benzene rings is 1. The van der Waals surface area contributed by atoms with Gasteiger partial charge in [0.05, 0.1) is 34.0 Å². The number of halogens is 1. The molecule has 1 unspecified atom stereocenters. The molecule has 0 aliphatic carbocycles. The molecule has 0 saturated heterocycles. The van der Waals surface area contributed by atoms with Crippen LogP contribution in [-0.4, -0.2) is 15.0 Å². The topological polar surface area (TPSA) is 73.6 Å². The van der Waals surface area contributed by atoms with Gasteiger partial charge >= 0.3 is 5.69 Å². The van der Waals surface area contributed by atoms with Gasteiger partial charge in [-0.15, -0.1) is 11.3 Å². The standard InChI is InChI=1S/C13H13BrN4OS/c1-6-12(20-5-15-6)7(2)16-9-4-11-10(3-8(9)14)17-13(19)18-11/h3-5,7,16H,1-2H3,(H2,17,18,19). The highest BCUT2D eigenvalue weighted by atomic mass is 79.9. The second-order valence-electron chi connectivity index (χ2n) is 4.62. The average Bonchev–Trinajstić information content (AvgIpc) is 2.94. The Morgan fingerprint density at radius 2 is 2.05 bits per heavy atom. The Balaban J connectivity index is 1.96. The molecule has 7 heteroatoms. The van der Waals surface area contributed by atoms with Crippen molar-refractivity contribution < 1.29 is 0 Å². The van der Waals surface area contributed by atoms with Gasteiger partial charge in [0, 0.05) is 9.35 Å². The van der Waals surface area contributed by atoms with E-state index >= 15 is 0 Å². The van der Waals surface area contributed by atoms with Gasteiger partial charge in [0.1, 0.15) is 0 Å². The molecule has 5 nitrogen and oxygen atoms in total. The van der Waals surface area contributed by atoms with Gasteiger partial charge in [-0.2, -0.15) is 0 Å². The van der Waals surface area contributed by atoms with Crippen molar-refractivity contribution in [1.82, 2.24) is 15.0 Å². The molecule has 3 N–H and O–H groups in total. The molecular weight excluding hydrogens is 340 g/mol. The summed E-state index contributed by atoms with van der Waals surface area (Å²) in [5.74, 6) is 0. The van der Waals surface area contributed by atoms with E-state index in [2.05, 4.69) is 43.1 Å². The van der Waals surface area contributed by atoms with E-state index in [1.807, 2.05) is 24.6 Å². The molecule has 2 aromatic heterocycles. The van der Waals surface area contributed by atoms with Crippen LogP contribution in [0.5, 0.6) is 0 Å². The second-order valence-corrected chi connectivity index (χ2v) is 6.37. The molecule has 20 heavy (non-hydrogen) atoms. The van der Waals surface area contributed by atoms with E-state index in [0.717, 1.165) is 26.9 Å². The van der Waals surface area contributed by atoms with E-state index in [4.69, 9.17) is 0 Å². The third-order valence-corrected chi connectivity index (χ3v) is 4.92. The van der Waals surface area contributed by atoms with Crippen molar-refractivity contribution in [1.29, 1.82) is 0 Å². The van der Waals surface area contributed by atoms with E-state index < -0.39 is 0 Å². The first-order chi connectivity index (χ1) is 9.54. The Kier molecular flexibility index (Phi) is 3.39. The lowest BCUT2D eigenvalue weighted by Crippen LogP contribution is -2.06. The SMILES string of the molecule is Cc1ncsc1C(C)Nc1cc2[nH]c(=O)[nH]c2cc1Br. The van der Waals surface area contributed by atoms with Crippen LogP contribution in [0, 0.1) is 6.92 Å². The largest absolute Gasteiger partial charge is 0.377 e. The number of fused-ring (bicyclic) bond motifs is 1. The Morgan fingerprint density at radius 1 is 1.35 bits per heavy atom. The van der Waals surface area contributed by atoms with Crippen molar-refractivity contribution in [2.45, 2.75) is 19.9 Å². The van der Waals surface area contributed by atoms with E-state index in [0.29, 0.717) is 0 Å². The summed E-state index contributed by atoms with van der Waals surface area (Å²) in [5.41, 5.74) is 5.21. The Hall–Kier alpha value is -1.60. The number of anilines is 1. The van der Waals surface area contributed by atoms with Crippen LogP contribution in [0.2, 0.25) is 0 Å². The molecule has 1 atom stereocenters. The molecule has 0 amide bonds. The number of hydrogen-bond donors (Lipinski definition) is 3. The van der Waals surface area contributed by atoms with Crippen molar-refractivity contribution in [3.63, 3.8) is 0 Å². The summed E-state index contributed by atoms with van der Waals surface area (Å²) >= 11 is 5.16. The lowest BCUT2D eigenvalue weighted by atomic mass is 10.2. The highest BCUT2D eigenvalue weighted by Gasteiger charge is 2.13. The van der Waals surface area contributed by atoms with Crippen LogP contribution in [0.25, 0.3) is 11.0 Å². The first-order valence-corrected chi connectivity index (χ1v) is 7.80. The number of hydrogen-bond acceptors (Lipinski definition) is 4. The highest BCUT2D eigenvalue weighted by Crippen LogP contribution is 2.31. The van der Waals surface area contributed by atoms with Gasteiger partial charge < -0.3 is 15.3 Å². The van der Waals surface area contributed by atoms with Crippen LogP contribution in [-0.2, 0) is 0 Å². The normalized spacial score (nSPS) is 12.8. The molecular formula is C13H13BrN4OS. The summed E-state index contributed by atoms with van der Waals surface area (Å²) in [6.45, 7) is 4.10. The predicted octanol–water partition coefficient (Wildman–Crippen LogP) is 3.56. The van der Waals surface area contributed by atoms with E-state index in [1.54, 1.807) is 11.3 Å².